The van der Waals surface area contributed by atoms with Crippen LogP contribution in [0.5, 0.6) is 0 Å². The van der Waals surface area contributed by atoms with Gasteiger partial charge in [0.2, 0.25) is 0 Å². The number of aldehydes is 1. The lowest BCUT2D eigenvalue weighted by Crippen LogP contribution is -2.39. The summed E-state index contributed by atoms with van der Waals surface area (Å²) in [5.41, 5.74) is 0.652. The van der Waals surface area contributed by atoms with Crippen LogP contribution in [-0.2, 0) is 9.53 Å². The smallest absolute Gasteiger partial charge is 0.126 e. The fourth-order valence-corrected chi connectivity index (χ4v) is 2.39. The van der Waals surface area contributed by atoms with Crippen LogP contribution in [0.1, 0.15) is 39.5 Å². The van der Waals surface area contributed by atoms with Gasteiger partial charge in [0.25, 0.3) is 0 Å². The minimum absolute atomic E-state index is 0.0564. The van der Waals surface area contributed by atoms with Gasteiger partial charge in [-0.2, -0.15) is 0 Å². The minimum atomic E-state index is -0.477. The zero-order valence-electron chi connectivity index (χ0n) is 10.5. The summed E-state index contributed by atoms with van der Waals surface area (Å²) >= 11 is 0. The lowest BCUT2D eigenvalue weighted by molar-refractivity contribution is -0.117. The van der Waals surface area contributed by atoms with E-state index in [2.05, 4.69) is 6.92 Å². The summed E-state index contributed by atoms with van der Waals surface area (Å²) in [6, 6.07) is 0. The van der Waals surface area contributed by atoms with Crippen molar-refractivity contribution in [3.8, 4) is 0 Å². The van der Waals surface area contributed by atoms with Crippen LogP contribution in [0, 0.1) is 5.92 Å². The average molecular weight is 222 g/mol. The molecule has 16 heavy (non-hydrogen) atoms. The molecule has 2 nitrogen and oxygen atoms in total. The number of carbonyl (C=O) groups excluding carboxylic acids is 1. The van der Waals surface area contributed by atoms with Crippen molar-refractivity contribution in [2.45, 2.75) is 45.1 Å². The third kappa shape index (κ3) is 2.43. The highest BCUT2D eigenvalue weighted by Crippen LogP contribution is 2.36. The first kappa shape index (κ1) is 13.2. The highest BCUT2D eigenvalue weighted by Gasteiger charge is 2.39. The standard InChI is InChI=1S/C14H22O2/c1-4-5-6-9-13(11-15)14(16-3)10-7-8-12(14)2/h7-8,10-11,13H,4-6,9H2,1-3H3. The lowest BCUT2D eigenvalue weighted by Gasteiger charge is -2.33. The number of hydrogen-bond donors (Lipinski definition) is 0. The quantitative estimate of drug-likeness (QED) is 0.488. The first-order chi connectivity index (χ1) is 7.71. The lowest BCUT2D eigenvalue weighted by atomic mass is 9.81. The van der Waals surface area contributed by atoms with E-state index in [4.69, 9.17) is 4.74 Å². The number of hydrogen-bond acceptors (Lipinski definition) is 2. The summed E-state index contributed by atoms with van der Waals surface area (Å²) in [6.45, 7) is 4.20. The molecular weight excluding hydrogens is 200 g/mol. The molecule has 2 unspecified atom stereocenters. The fraction of sp³-hybridized carbons (Fsp3) is 0.643. The van der Waals surface area contributed by atoms with Gasteiger partial charge in [0.15, 0.2) is 0 Å². The highest BCUT2D eigenvalue weighted by atomic mass is 16.5. The first-order valence-electron chi connectivity index (χ1n) is 6.08. The number of carbonyl (C=O) groups is 1. The van der Waals surface area contributed by atoms with Crippen LogP contribution < -0.4 is 0 Å². The summed E-state index contributed by atoms with van der Waals surface area (Å²) in [4.78, 5) is 11.3. The maximum Gasteiger partial charge on any atom is 0.126 e. The van der Waals surface area contributed by atoms with Crippen molar-refractivity contribution in [3.05, 3.63) is 23.8 Å². The number of ether oxygens (including phenoxy) is 1. The second kappa shape index (κ2) is 6.00. The molecule has 0 aromatic carbocycles. The largest absolute Gasteiger partial charge is 0.369 e. The maximum atomic E-state index is 11.3. The van der Waals surface area contributed by atoms with Gasteiger partial charge in [0.1, 0.15) is 11.9 Å². The van der Waals surface area contributed by atoms with E-state index in [0.717, 1.165) is 24.7 Å². The number of unbranched alkanes of at least 4 members (excludes halogenated alkanes) is 2. The van der Waals surface area contributed by atoms with Crippen molar-refractivity contribution in [2.24, 2.45) is 5.92 Å². The Kier molecular flexibility index (Phi) is 4.94. The van der Waals surface area contributed by atoms with E-state index in [-0.39, 0.29) is 5.92 Å². The van der Waals surface area contributed by atoms with Gasteiger partial charge in [-0.15, -0.1) is 0 Å². The van der Waals surface area contributed by atoms with E-state index in [0.29, 0.717) is 0 Å². The van der Waals surface area contributed by atoms with Crippen LogP contribution in [-0.4, -0.2) is 19.0 Å². The van der Waals surface area contributed by atoms with E-state index in [1.165, 1.54) is 12.8 Å². The van der Waals surface area contributed by atoms with Gasteiger partial charge in [-0.05, 0) is 25.0 Å². The van der Waals surface area contributed by atoms with Gasteiger partial charge < -0.3 is 9.53 Å². The van der Waals surface area contributed by atoms with Gasteiger partial charge in [0.05, 0.1) is 5.92 Å². The van der Waals surface area contributed by atoms with E-state index in [1.807, 2.05) is 25.2 Å². The van der Waals surface area contributed by atoms with Gasteiger partial charge in [0, 0.05) is 7.11 Å². The number of allylic oxidation sites excluding steroid dienone is 2. The molecule has 0 N–H and O–H groups in total. The van der Waals surface area contributed by atoms with E-state index < -0.39 is 5.60 Å². The summed E-state index contributed by atoms with van der Waals surface area (Å²) < 4.78 is 5.61. The van der Waals surface area contributed by atoms with Crippen molar-refractivity contribution in [1.29, 1.82) is 0 Å². The van der Waals surface area contributed by atoms with Crippen molar-refractivity contribution in [1.82, 2.24) is 0 Å². The molecule has 1 rings (SSSR count). The average Bonchev–Trinajstić information content (AvgIpc) is 2.67. The molecular formula is C14H22O2. The van der Waals surface area contributed by atoms with Crippen molar-refractivity contribution in [3.63, 3.8) is 0 Å². The Morgan fingerprint density at radius 1 is 1.50 bits per heavy atom. The summed E-state index contributed by atoms with van der Waals surface area (Å²) in [6.07, 6.45) is 11.4. The van der Waals surface area contributed by atoms with Crippen LogP contribution >= 0.6 is 0 Å². The van der Waals surface area contributed by atoms with E-state index in [1.54, 1.807) is 7.11 Å². The molecule has 0 amide bonds. The zero-order chi connectivity index (χ0) is 12.0. The molecule has 0 heterocycles. The normalized spacial score (nSPS) is 25.6. The SMILES string of the molecule is CCCCCC(C=O)C1(OC)C=CC=C1C. The minimum Gasteiger partial charge on any atom is -0.369 e. The van der Waals surface area contributed by atoms with E-state index in [9.17, 15) is 4.79 Å². The Hall–Kier alpha value is -0.890. The van der Waals surface area contributed by atoms with Crippen LogP contribution in [0.15, 0.2) is 23.8 Å². The van der Waals surface area contributed by atoms with Crippen molar-refractivity contribution in [2.75, 3.05) is 7.11 Å². The molecule has 0 aromatic heterocycles. The van der Waals surface area contributed by atoms with Crippen LogP contribution in [0.2, 0.25) is 0 Å². The molecule has 2 heteroatoms. The summed E-state index contributed by atoms with van der Waals surface area (Å²) in [5.74, 6) is -0.0564. The van der Waals surface area contributed by atoms with Gasteiger partial charge in [-0.25, -0.2) is 0 Å². The Balaban J connectivity index is 2.73. The van der Waals surface area contributed by atoms with Crippen molar-refractivity contribution >= 4 is 6.29 Å². The second-order valence-corrected chi connectivity index (χ2v) is 4.44. The Morgan fingerprint density at radius 3 is 2.69 bits per heavy atom. The van der Waals surface area contributed by atoms with Gasteiger partial charge in [-0.3, -0.25) is 0 Å². The summed E-state index contributed by atoms with van der Waals surface area (Å²) in [7, 11) is 1.68. The number of methoxy groups -OCH3 is 1. The third-order valence-corrected chi connectivity index (χ3v) is 3.48. The molecule has 0 aliphatic heterocycles. The van der Waals surface area contributed by atoms with Gasteiger partial charge >= 0.3 is 0 Å². The summed E-state index contributed by atoms with van der Waals surface area (Å²) in [5, 5.41) is 0. The molecule has 0 saturated carbocycles. The molecule has 0 fully saturated rings. The number of rotatable bonds is 7. The highest BCUT2D eigenvalue weighted by molar-refractivity contribution is 5.60. The Morgan fingerprint density at radius 2 is 2.25 bits per heavy atom. The predicted octanol–water partition coefficient (Wildman–Crippen LogP) is 3.28. The van der Waals surface area contributed by atoms with Crippen LogP contribution in [0.3, 0.4) is 0 Å². The molecule has 1 aliphatic carbocycles. The first-order valence-corrected chi connectivity index (χ1v) is 6.08. The molecule has 2 atom stereocenters. The Bertz CT molecular complexity index is 291. The fourth-order valence-electron chi connectivity index (χ4n) is 2.39. The monoisotopic (exact) mass is 222 g/mol. The Labute approximate surface area is 98.4 Å². The predicted molar refractivity (Wildman–Crippen MR) is 66.3 cm³/mol. The maximum absolute atomic E-state index is 11.3. The molecule has 0 bridgehead atoms. The molecule has 1 aliphatic rings. The zero-order valence-corrected chi connectivity index (χ0v) is 10.5. The second-order valence-electron chi connectivity index (χ2n) is 4.44. The molecule has 0 radical (unpaired) electrons. The molecule has 0 spiro atoms. The molecule has 0 saturated heterocycles. The van der Waals surface area contributed by atoms with E-state index >= 15 is 0 Å². The molecule has 90 valence electrons. The van der Waals surface area contributed by atoms with Crippen LogP contribution in [0.25, 0.3) is 0 Å². The topological polar surface area (TPSA) is 26.3 Å². The van der Waals surface area contributed by atoms with Crippen molar-refractivity contribution < 1.29 is 9.53 Å². The molecule has 0 aromatic rings. The third-order valence-electron chi connectivity index (χ3n) is 3.48. The van der Waals surface area contributed by atoms with Crippen LogP contribution in [0.4, 0.5) is 0 Å². The van der Waals surface area contributed by atoms with Gasteiger partial charge in [-0.1, -0.05) is 38.3 Å².